The van der Waals surface area contributed by atoms with E-state index in [1.54, 1.807) is 0 Å². The molecule has 1 aliphatic rings. The molecule has 6 unspecified atom stereocenters. The standard InChI is InChI=1S/C13H18N5O13P3S/c1-2-3-27-9-8(19)6(4-28-34(26,35)31-33(24,25)30-32(21,22)23)29-12(9)18-5-15-7-10(18)16-13(14)17-11(7)20/h1,5-6,8-9,12,19H,3-4H2,(H,24,25)(H,26,35)(H2,21,22,23)(H3,14,16,17,20)/p-4. The van der Waals surface area contributed by atoms with Gasteiger partial charge in [0.15, 0.2) is 17.4 Å². The highest BCUT2D eigenvalue weighted by molar-refractivity contribution is 8.07. The van der Waals surface area contributed by atoms with E-state index in [1.807, 2.05) is 0 Å². The zero-order valence-corrected chi connectivity index (χ0v) is 20.4. The summed E-state index contributed by atoms with van der Waals surface area (Å²) in [6.07, 6.45) is 0.830. The molecule has 3 heterocycles. The molecule has 3 rings (SSSR count). The molecule has 1 saturated heterocycles. The lowest BCUT2D eigenvalue weighted by Crippen LogP contribution is -2.36. The number of nitrogen functional groups attached to an aromatic ring is 1. The Balaban J connectivity index is 1.81. The van der Waals surface area contributed by atoms with Crippen LogP contribution in [0, 0.1) is 12.3 Å². The van der Waals surface area contributed by atoms with Crippen LogP contribution < -0.4 is 30.9 Å². The van der Waals surface area contributed by atoms with Crippen LogP contribution in [0.1, 0.15) is 6.23 Å². The van der Waals surface area contributed by atoms with Gasteiger partial charge in [-0.3, -0.25) is 27.5 Å². The van der Waals surface area contributed by atoms with Gasteiger partial charge < -0.3 is 49.0 Å². The highest BCUT2D eigenvalue weighted by Gasteiger charge is 2.46. The molecule has 194 valence electrons. The van der Waals surface area contributed by atoms with E-state index < -0.39 is 59.1 Å². The van der Waals surface area contributed by atoms with Crippen molar-refractivity contribution in [3.05, 3.63) is 16.7 Å². The lowest BCUT2D eigenvalue weighted by Gasteiger charge is -2.39. The first-order chi connectivity index (χ1) is 16.1. The molecule has 22 heteroatoms. The van der Waals surface area contributed by atoms with Gasteiger partial charge in [-0.05, 0) is 0 Å². The van der Waals surface area contributed by atoms with Crippen LogP contribution in [0.5, 0.6) is 0 Å². The molecule has 35 heavy (non-hydrogen) atoms. The topological polar surface area (TPSA) is 282 Å². The van der Waals surface area contributed by atoms with Crippen molar-refractivity contribution in [3.63, 3.8) is 0 Å². The largest absolute Gasteiger partial charge is 0.790 e. The molecule has 0 bridgehead atoms. The third-order valence-electron chi connectivity index (χ3n) is 4.19. The van der Waals surface area contributed by atoms with Gasteiger partial charge in [0.05, 0.1) is 20.8 Å². The van der Waals surface area contributed by atoms with Gasteiger partial charge in [-0.15, -0.1) is 6.42 Å². The lowest BCUT2D eigenvalue weighted by atomic mass is 10.1. The lowest BCUT2D eigenvalue weighted by molar-refractivity contribution is -0.339. The van der Waals surface area contributed by atoms with E-state index in [-0.39, 0.29) is 23.7 Å². The Bertz CT molecular complexity index is 1340. The molecular weight excluding hydrogens is 559 g/mol. The van der Waals surface area contributed by atoms with Crippen molar-refractivity contribution in [1.82, 2.24) is 19.5 Å². The van der Waals surface area contributed by atoms with Crippen molar-refractivity contribution in [2.75, 3.05) is 18.9 Å². The molecule has 1 aliphatic heterocycles. The number of fused-ring (bicyclic) bond motifs is 1. The third kappa shape index (κ3) is 7.01. The molecule has 2 aromatic rings. The third-order valence-corrected chi connectivity index (χ3v) is 8.78. The number of nitrogens with zero attached hydrogens (tertiary/aromatic N) is 3. The summed E-state index contributed by atoms with van der Waals surface area (Å²) in [7, 11) is -12.0. The highest BCUT2D eigenvalue weighted by Crippen LogP contribution is 2.60. The van der Waals surface area contributed by atoms with E-state index in [1.165, 1.54) is 4.57 Å². The van der Waals surface area contributed by atoms with E-state index in [0.29, 0.717) is 0 Å². The highest BCUT2D eigenvalue weighted by atomic mass is 32.5. The molecule has 0 aliphatic carbocycles. The Kier molecular flexibility index (Phi) is 8.34. The summed E-state index contributed by atoms with van der Waals surface area (Å²) in [6.45, 7) is -6.22. The minimum atomic E-state index is -6.07. The fraction of sp³-hybridized carbons (Fsp3) is 0.462. The Morgan fingerprint density at radius 1 is 1.34 bits per heavy atom. The van der Waals surface area contributed by atoms with Crippen LogP contribution >= 0.6 is 22.4 Å². The van der Waals surface area contributed by atoms with Crippen LogP contribution in [0.2, 0.25) is 0 Å². The average Bonchev–Trinajstić information content (AvgIpc) is 3.23. The summed E-state index contributed by atoms with van der Waals surface area (Å²) in [4.78, 5) is 66.6. The fourth-order valence-corrected chi connectivity index (χ4v) is 6.76. The molecule has 1 fully saturated rings. The molecular formula is C13H14N5O13P3S-4. The number of nitrogens with one attached hydrogen (secondary N) is 1. The number of rotatable bonds is 10. The quantitative estimate of drug-likeness (QED) is 0.180. The minimum absolute atomic E-state index is 0.0549. The van der Waals surface area contributed by atoms with Gasteiger partial charge in [0, 0.05) is 0 Å². The Morgan fingerprint density at radius 3 is 2.66 bits per heavy atom. The number of H-pyrrole nitrogens is 1. The maximum atomic E-state index is 12.1. The normalized spacial score (nSPS) is 26.3. The van der Waals surface area contributed by atoms with E-state index >= 15 is 0 Å². The first kappa shape index (κ1) is 28.0. The van der Waals surface area contributed by atoms with Crippen LogP contribution in [-0.2, 0) is 43.6 Å². The summed E-state index contributed by atoms with van der Waals surface area (Å²) < 4.78 is 45.8. The van der Waals surface area contributed by atoms with Gasteiger partial charge in [-0.1, -0.05) is 17.7 Å². The first-order valence-corrected chi connectivity index (χ1v) is 14.4. The van der Waals surface area contributed by atoms with Crippen molar-refractivity contribution in [2.45, 2.75) is 24.5 Å². The van der Waals surface area contributed by atoms with Gasteiger partial charge in [0.2, 0.25) is 5.95 Å². The number of anilines is 1. The Hall–Kier alpha value is -1.58. The number of nitrogens with two attached hydrogens (primary N) is 1. The van der Waals surface area contributed by atoms with Crippen LogP contribution in [0.25, 0.3) is 11.2 Å². The first-order valence-electron chi connectivity index (χ1n) is 8.95. The van der Waals surface area contributed by atoms with Gasteiger partial charge in [0.1, 0.15) is 31.6 Å². The molecule has 18 nitrogen and oxygen atoms in total. The smallest absolute Gasteiger partial charge is 0.280 e. The molecule has 0 radical (unpaired) electrons. The number of imidazole rings is 1. The van der Waals surface area contributed by atoms with Crippen molar-refractivity contribution < 1.29 is 56.4 Å². The number of aromatic nitrogens is 4. The van der Waals surface area contributed by atoms with E-state index in [9.17, 15) is 38.6 Å². The number of aromatic amines is 1. The maximum absolute atomic E-state index is 12.1. The molecule has 0 aromatic carbocycles. The second-order valence-corrected chi connectivity index (χ2v) is 12.2. The molecule has 0 spiro atoms. The van der Waals surface area contributed by atoms with E-state index in [2.05, 4.69) is 45.8 Å². The fourth-order valence-electron chi connectivity index (χ4n) is 2.98. The number of aliphatic hydroxyl groups is 1. The Labute approximate surface area is 200 Å². The molecule has 6 atom stereocenters. The number of hydrogen-bond donors (Lipinski definition) is 3. The van der Waals surface area contributed by atoms with E-state index in [4.69, 9.17) is 21.6 Å². The van der Waals surface area contributed by atoms with Crippen molar-refractivity contribution in [3.8, 4) is 12.3 Å². The number of aliphatic hydroxyl groups excluding tert-OH is 1. The number of ether oxygens (including phenoxy) is 2. The van der Waals surface area contributed by atoms with Crippen LogP contribution in [0.15, 0.2) is 11.1 Å². The summed E-state index contributed by atoms with van der Waals surface area (Å²) in [5.74, 6) is 1.93. The number of terminal acetylenes is 1. The van der Waals surface area contributed by atoms with Crippen LogP contribution in [0.4, 0.5) is 5.95 Å². The van der Waals surface area contributed by atoms with Crippen molar-refractivity contribution >= 4 is 51.3 Å². The summed E-state index contributed by atoms with van der Waals surface area (Å²) in [5.41, 5.74) is 4.71. The second kappa shape index (κ2) is 10.4. The zero-order chi connectivity index (χ0) is 26.2. The van der Waals surface area contributed by atoms with Crippen molar-refractivity contribution in [2.24, 2.45) is 0 Å². The van der Waals surface area contributed by atoms with Gasteiger partial charge >= 0.3 is 0 Å². The Morgan fingerprint density at radius 2 is 2.03 bits per heavy atom. The molecule has 4 N–H and O–H groups in total. The average molecular weight is 573 g/mol. The SMILES string of the molecule is C#CCOC1C(O)C(COP([O-])(=S)OP(=O)([O-])OP(=O)([O-])[O-])OC1n1cnc2c(=O)[nH]c(N)nc21. The molecule has 0 saturated carbocycles. The minimum Gasteiger partial charge on any atom is -0.790 e. The summed E-state index contributed by atoms with van der Waals surface area (Å²) in [6, 6.07) is 0. The number of hydrogen-bond acceptors (Lipinski definition) is 17. The van der Waals surface area contributed by atoms with E-state index in [0.717, 1.165) is 6.33 Å². The molecule has 2 aromatic heterocycles. The summed E-state index contributed by atoms with van der Waals surface area (Å²) in [5, 5.41) is 10.6. The zero-order valence-electron chi connectivity index (χ0n) is 16.9. The van der Waals surface area contributed by atoms with Crippen LogP contribution in [-0.4, -0.2) is 56.2 Å². The van der Waals surface area contributed by atoms with Crippen molar-refractivity contribution in [1.29, 1.82) is 0 Å². The second-order valence-electron chi connectivity index (χ2n) is 6.61. The predicted octanol–water partition coefficient (Wildman–Crippen LogP) is -4.09. The maximum Gasteiger partial charge on any atom is 0.280 e. The van der Waals surface area contributed by atoms with Gasteiger partial charge in [0.25, 0.3) is 13.4 Å². The van der Waals surface area contributed by atoms with Crippen LogP contribution in [0.3, 0.4) is 0 Å². The monoisotopic (exact) mass is 573 g/mol. The van der Waals surface area contributed by atoms with Gasteiger partial charge in [-0.25, -0.2) is 4.98 Å². The summed E-state index contributed by atoms with van der Waals surface area (Å²) >= 11 is 4.35. The van der Waals surface area contributed by atoms with Gasteiger partial charge in [-0.2, -0.15) is 4.98 Å². The number of phosphoric acid groups is 2. The predicted molar refractivity (Wildman–Crippen MR) is 109 cm³/mol. The molecule has 0 amide bonds.